The zero-order valence-electron chi connectivity index (χ0n) is 11.6. The molecule has 4 heteroatoms. The Morgan fingerprint density at radius 2 is 1.89 bits per heavy atom. The fraction of sp³-hybridized carbons (Fsp3) is 0.333. The lowest BCUT2D eigenvalue weighted by Crippen LogP contribution is -2.14. The fourth-order valence-electron chi connectivity index (χ4n) is 1.70. The molecule has 100 valence electrons. The number of hydrogen-bond donors (Lipinski definition) is 1. The number of hydrogen-bond acceptors (Lipinski definition) is 4. The van der Waals surface area contributed by atoms with Crippen molar-refractivity contribution in [2.24, 2.45) is 0 Å². The summed E-state index contributed by atoms with van der Waals surface area (Å²) in [5.41, 5.74) is 7.63. The SMILES string of the molecule is CCC(C)(C)c1ccc(Oc2ncncc2N)cc1. The molecule has 4 nitrogen and oxygen atoms in total. The molecule has 1 aromatic carbocycles. The molecule has 1 heterocycles. The Bertz CT molecular complexity index is 550. The van der Waals surface area contributed by atoms with Gasteiger partial charge in [-0.15, -0.1) is 0 Å². The van der Waals surface area contributed by atoms with Crippen LogP contribution < -0.4 is 10.5 Å². The lowest BCUT2D eigenvalue weighted by atomic mass is 9.82. The number of benzene rings is 1. The summed E-state index contributed by atoms with van der Waals surface area (Å²) in [5, 5.41) is 0. The molecule has 2 rings (SSSR count). The van der Waals surface area contributed by atoms with Gasteiger partial charge in [0, 0.05) is 0 Å². The summed E-state index contributed by atoms with van der Waals surface area (Å²) in [4.78, 5) is 7.83. The molecule has 0 spiro atoms. The van der Waals surface area contributed by atoms with Gasteiger partial charge in [-0.2, -0.15) is 4.98 Å². The van der Waals surface area contributed by atoms with E-state index in [1.807, 2.05) is 12.1 Å². The maximum absolute atomic E-state index is 5.74. The lowest BCUT2D eigenvalue weighted by molar-refractivity contribution is 0.461. The van der Waals surface area contributed by atoms with E-state index in [0.717, 1.165) is 12.2 Å². The van der Waals surface area contributed by atoms with Gasteiger partial charge in [0.05, 0.1) is 6.20 Å². The Morgan fingerprint density at radius 1 is 1.21 bits per heavy atom. The average molecular weight is 257 g/mol. The molecule has 0 amide bonds. The average Bonchev–Trinajstić information content (AvgIpc) is 2.42. The van der Waals surface area contributed by atoms with E-state index < -0.39 is 0 Å². The minimum absolute atomic E-state index is 0.173. The van der Waals surface area contributed by atoms with Crippen molar-refractivity contribution >= 4 is 5.69 Å². The van der Waals surface area contributed by atoms with Crippen molar-refractivity contribution in [1.29, 1.82) is 0 Å². The van der Waals surface area contributed by atoms with Gasteiger partial charge >= 0.3 is 0 Å². The monoisotopic (exact) mass is 257 g/mol. The van der Waals surface area contributed by atoms with Gasteiger partial charge in [-0.05, 0) is 29.5 Å². The number of anilines is 1. The second-order valence-electron chi connectivity index (χ2n) is 5.15. The molecule has 0 aliphatic rings. The predicted octanol–water partition coefficient (Wildman–Crippen LogP) is 3.54. The first-order valence-corrected chi connectivity index (χ1v) is 6.37. The number of ether oxygens (including phenoxy) is 1. The second-order valence-corrected chi connectivity index (χ2v) is 5.15. The molecular formula is C15H19N3O. The molecule has 0 aliphatic carbocycles. The summed E-state index contributed by atoms with van der Waals surface area (Å²) in [7, 11) is 0. The maximum Gasteiger partial charge on any atom is 0.245 e. The van der Waals surface area contributed by atoms with Crippen LogP contribution in [0.25, 0.3) is 0 Å². The van der Waals surface area contributed by atoms with Gasteiger partial charge in [-0.25, -0.2) is 4.98 Å². The summed E-state index contributed by atoms with van der Waals surface area (Å²) in [6.07, 6.45) is 4.03. The minimum Gasteiger partial charge on any atom is -0.437 e. The molecule has 0 bridgehead atoms. The standard InChI is InChI=1S/C15H19N3O/c1-4-15(2,3)11-5-7-12(8-6-11)19-14-13(16)9-17-10-18-14/h5-10H,4,16H2,1-3H3. The second kappa shape index (κ2) is 5.26. The van der Waals surface area contributed by atoms with Gasteiger partial charge in [0.25, 0.3) is 0 Å². The van der Waals surface area contributed by atoms with E-state index >= 15 is 0 Å². The van der Waals surface area contributed by atoms with Crippen molar-refractivity contribution in [1.82, 2.24) is 9.97 Å². The Labute approximate surface area is 113 Å². The Morgan fingerprint density at radius 3 is 2.47 bits per heavy atom. The molecule has 0 aliphatic heterocycles. The van der Waals surface area contributed by atoms with E-state index in [2.05, 4.69) is 42.9 Å². The first kappa shape index (κ1) is 13.3. The molecule has 19 heavy (non-hydrogen) atoms. The quantitative estimate of drug-likeness (QED) is 0.910. The highest BCUT2D eigenvalue weighted by molar-refractivity contribution is 5.47. The van der Waals surface area contributed by atoms with Crippen molar-refractivity contribution < 1.29 is 4.74 Å². The molecule has 0 saturated carbocycles. The van der Waals surface area contributed by atoms with Crippen LogP contribution in [0.3, 0.4) is 0 Å². The topological polar surface area (TPSA) is 61.0 Å². The van der Waals surface area contributed by atoms with E-state index in [-0.39, 0.29) is 5.41 Å². The largest absolute Gasteiger partial charge is 0.437 e. The van der Waals surface area contributed by atoms with Crippen LogP contribution in [0.5, 0.6) is 11.6 Å². The summed E-state index contributed by atoms with van der Waals surface area (Å²) < 4.78 is 5.63. The zero-order chi connectivity index (χ0) is 13.9. The summed E-state index contributed by atoms with van der Waals surface area (Å²) >= 11 is 0. The van der Waals surface area contributed by atoms with E-state index in [4.69, 9.17) is 10.5 Å². The third-order valence-corrected chi connectivity index (χ3v) is 3.44. The Kier molecular flexibility index (Phi) is 3.69. The van der Waals surface area contributed by atoms with Gasteiger partial charge in [-0.1, -0.05) is 32.9 Å². The maximum atomic E-state index is 5.74. The molecule has 2 N–H and O–H groups in total. The number of nitrogens with two attached hydrogens (primary N) is 1. The predicted molar refractivity (Wildman–Crippen MR) is 76.3 cm³/mol. The normalized spacial score (nSPS) is 11.3. The molecule has 1 aromatic heterocycles. The summed E-state index contributed by atoms with van der Waals surface area (Å²) in [5.74, 6) is 1.11. The molecule has 0 saturated heterocycles. The van der Waals surface area contributed by atoms with Crippen LogP contribution in [0, 0.1) is 0 Å². The van der Waals surface area contributed by atoms with Gasteiger partial charge in [0.15, 0.2) is 0 Å². The van der Waals surface area contributed by atoms with E-state index in [9.17, 15) is 0 Å². The van der Waals surface area contributed by atoms with Crippen molar-refractivity contribution in [3.63, 3.8) is 0 Å². The van der Waals surface area contributed by atoms with Crippen LogP contribution in [0.1, 0.15) is 32.8 Å². The molecule has 0 fully saturated rings. The Hall–Kier alpha value is -2.10. The van der Waals surface area contributed by atoms with E-state index in [0.29, 0.717) is 11.6 Å². The smallest absolute Gasteiger partial charge is 0.245 e. The zero-order valence-corrected chi connectivity index (χ0v) is 11.6. The van der Waals surface area contributed by atoms with Crippen LogP contribution in [0.2, 0.25) is 0 Å². The Balaban J connectivity index is 2.18. The third kappa shape index (κ3) is 3.02. The molecule has 0 unspecified atom stereocenters. The number of aromatic nitrogens is 2. The van der Waals surface area contributed by atoms with E-state index in [1.165, 1.54) is 18.1 Å². The van der Waals surface area contributed by atoms with Crippen LogP contribution in [0.4, 0.5) is 5.69 Å². The summed E-state index contributed by atoms with van der Waals surface area (Å²) in [6.45, 7) is 6.64. The molecule has 0 atom stereocenters. The van der Waals surface area contributed by atoms with E-state index in [1.54, 1.807) is 0 Å². The van der Waals surface area contributed by atoms with Crippen molar-refractivity contribution in [3.05, 3.63) is 42.4 Å². The number of rotatable bonds is 4. The van der Waals surface area contributed by atoms with Crippen LogP contribution in [0.15, 0.2) is 36.8 Å². The van der Waals surface area contributed by atoms with Gasteiger partial charge in [0.2, 0.25) is 5.88 Å². The highest BCUT2D eigenvalue weighted by Crippen LogP contribution is 2.30. The first-order chi connectivity index (χ1) is 9.03. The molecule has 2 aromatic rings. The van der Waals surface area contributed by atoms with Crippen LogP contribution >= 0.6 is 0 Å². The summed E-state index contributed by atoms with van der Waals surface area (Å²) in [6, 6.07) is 8.04. The first-order valence-electron chi connectivity index (χ1n) is 6.37. The minimum atomic E-state index is 0.173. The van der Waals surface area contributed by atoms with Gasteiger partial charge < -0.3 is 10.5 Å². The lowest BCUT2D eigenvalue weighted by Gasteiger charge is -2.23. The number of nitrogens with zero attached hydrogens (tertiary/aromatic N) is 2. The van der Waals surface area contributed by atoms with Crippen molar-refractivity contribution in [3.8, 4) is 11.6 Å². The highest BCUT2D eigenvalue weighted by atomic mass is 16.5. The molecular weight excluding hydrogens is 238 g/mol. The highest BCUT2D eigenvalue weighted by Gasteiger charge is 2.17. The van der Waals surface area contributed by atoms with Crippen molar-refractivity contribution in [2.75, 3.05) is 5.73 Å². The fourth-order valence-corrected chi connectivity index (χ4v) is 1.70. The van der Waals surface area contributed by atoms with Crippen LogP contribution in [-0.4, -0.2) is 9.97 Å². The molecule has 0 radical (unpaired) electrons. The van der Waals surface area contributed by atoms with Crippen molar-refractivity contribution in [2.45, 2.75) is 32.6 Å². The van der Waals surface area contributed by atoms with Crippen LogP contribution in [-0.2, 0) is 5.41 Å². The third-order valence-electron chi connectivity index (χ3n) is 3.44. The van der Waals surface area contributed by atoms with Gasteiger partial charge in [0.1, 0.15) is 17.8 Å². The number of nitrogen functional groups attached to an aromatic ring is 1. The van der Waals surface area contributed by atoms with Gasteiger partial charge in [-0.3, -0.25) is 0 Å².